The third-order valence-electron chi connectivity index (χ3n) is 22.2. The maximum absolute atomic E-state index is 14.4. The molecule has 4 N–H and O–H groups in total. The Hall–Kier alpha value is -6.63. The van der Waals surface area contributed by atoms with E-state index < -0.39 is 12.1 Å². The number of benzene rings is 2. The van der Waals surface area contributed by atoms with Crippen molar-refractivity contribution in [2.75, 3.05) is 14.2 Å². The number of H-pyrrole nitrogens is 2. The molecular weight excluding hydrogens is 973 g/mol. The summed E-state index contributed by atoms with van der Waals surface area (Å²) in [6.07, 6.45) is 27.7. The number of allylic oxidation sites excluding steroid dienone is 8. The highest BCUT2D eigenvalue weighted by Gasteiger charge is 2.81. The zero-order valence-corrected chi connectivity index (χ0v) is 45.6. The van der Waals surface area contributed by atoms with Gasteiger partial charge in [-0.1, -0.05) is 105 Å². The molecule has 4 aliphatic heterocycles. The molecule has 4 saturated carbocycles. The lowest BCUT2D eigenvalue weighted by atomic mass is 9.68. The number of aromatic amines is 2. The topological polar surface area (TPSA) is 158 Å². The maximum atomic E-state index is 14.4. The summed E-state index contributed by atoms with van der Waals surface area (Å²) in [5.74, 6) is 7.17. The molecule has 1 spiro atoms. The van der Waals surface area contributed by atoms with Crippen LogP contribution in [-0.4, -0.2) is 85.5 Å². The number of hydrogen-bond acceptors (Lipinski definition) is 8. The minimum absolute atomic E-state index is 0.00839. The minimum atomic E-state index is -0.592. The molecule has 18 rings (SSSR count). The summed E-state index contributed by atoms with van der Waals surface area (Å²) in [5.41, 5.74) is 12.5. The lowest BCUT2D eigenvalue weighted by Crippen LogP contribution is -2.62. The zero-order chi connectivity index (χ0) is 52.9. The van der Waals surface area contributed by atoms with E-state index in [0.29, 0.717) is 59.1 Å². The molecule has 2 aromatic carbocycles. The first-order valence-electron chi connectivity index (χ1n) is 29.6. The van der Waals surface area contributed by atoms with Gasteiger partial charge in [-0.15, -0.1) is 0 Å². The van der Waals surface area contributed by atoms with Crippen molar-refractivity contribution in [2.24, 2.45) is 65.1 Å². The Morgan fingerprint density at radius 2 is 1.46 bits per heavy atom. The maximum Gasteiger partial charge on any atom is 0.407 e. The highest BCUT2D eigenvalue weighted by molar-refractivity contribution is 5.90. The van der Waals surface area contributed by atoms with Gasteiger partial charge in [-0.2, -0.15) is 0 Å². The number of nitrogens with zero attached hydrogens (tertiary/aromatic N) is 4. The number of carbonyl (C=O) groups is 3. The Kier molecular flexibility index (Phi) is 11.3. The van der Waals surface area contributed by atoms with E-state index in [9.17, 15) is 14.4 Å². The van der Waals surface area contributed by atoms with Gasteiger partial charge in [0.1, 0.15) is 23.7 Å². The van der Waals surface area contributed by atoms with Crippen LogP contribution >= 0.6 is 0 Å². The van der Waals surface area contributed by atoms with Crippen molar-refractivity contribution in [3.05, 3.63) is 132 Å². The van der Waals surface area contributed by atoms with Crippen molar-refractivity contribution in [3.8, 4) is 22.5 Å². The highest BCUT2D eigenvalue weighted by atomic mass is 16.5. The zero-order valence-electron chi connectivity index (χ0n) is 45.6. The second kappa shape index (κ2) is 18.2. The van der Waals surface area contributed by atoms with Crippen molar-refractivity contribution in [2.45, 2.75) is 133 Å². The van der Waals surface area contributed by atoms with E-state index >= 15 is 0 Å². The van der Waals surface area contributed by atoms with Crippen LogP contribution in [-0.2, 0) is 19.1 Å². The first-order valence-corrected chi connectivity index (χ1v) is 29.6. The molecular formula is C65H74N8O5. The fourth-order valence-corrected chi connectivity index (χ4v) is 18.6. The van der Waals surface area contributed by atoms with Crippen molar-refractivity contribution < 1.29 is 23.9 Å². The third kappa shape index (κ3) is 7.33. The Balaban J connectivity index is 0.646. The molecule has 10 aliphatic carbocycles. The molecule has 78 heavy (non-hydrogen) atoms. The smallest absolute Gasteiger partial charge is 0.407 e. The number of amides is 3. The summed E-state index contributed by atoms with van der Waals surface area (Å²) in [4.78, 5) is 63.0. The van der Waals surface area contributed by atoms with Gasteiger partial charge in [0.25, 0.3) is 0 Å². The first kappa shape index (κ1) is 48.5. The quantitative estimate of drug-likeness (QED) is 0.114. The Morgan fingerprint density at radius 1 is 0.756 bits per heavy atom. The molecule has 13 heteroatoms. The van der Waals surface area contributed by atoms with Crippen LogP contribution in [0.1, 0.15) is 132 Å². The van der Waals surface area contributed by atoms with Crippen LogP contribution < -0.4 is 10.6 Å². The third-order valence-corrected chi connectivity index (χ3v) is 22.2. The lowest BCUT2D eigenvalue weighted by Gasteiger charge is -2.50. The minimum Gasteiger partial charge on any atom is -0.483 e. The number of rotatable bonds is 10. The summed E-state index contributed by atoms with van der Waals surface area (Å²) >= 11 is 0. The van der Waals surface area contributed by atoms with Crippen LogP contribution in [0.4, 0.5) is 4.79 Å². The van der Waals surface area contributed by atoms with Crippen LogP contribution in [0.3, 0.4) is 0 Å². The van der Waals surface area contributed by atoms with Crippen LogP contribution in [0.25, 0.3) is 33.7 Å². The largest absolute Gasteiger partial charge is 0.483 e. The Morgan fingerprint density at radius 3 is 2.21 bits per heavy atom. The van der Waals surface area contributed by atoms with E-state index in [2.05, 4.69) is 124 Å². The van der Waals surface area contributed by atoms with Gasteiger partial charge in [-0.05, 0) is 181 Å². The van der Waals surface area contributed by atoms with Gasteiger partial charge in [0.2, 0.25) is 11.8 Å². The fraction of sp³-hybridized carbons (Fsp3) is 0.523. The average molecular weight is 1050 g/mol. The summed E-state index contributed by atoms with van der Waals surface area (Å²) < 4.78 is 10.4. The molecule has 8 unspecified atom stereocenters. The number of imidazole rings is 2. The fourth-order valence-electron chi connectivity index (χ4n) is 18.6. The van der Waals surface area contributed by atoms with Gasteiger partial charge in [0, 0.05) is 6.04 Å². The molecule has 4 bridgehead atoms. The average Bonchev–Trinajstić information content (AvgIpc) is 2.46. The SMILES string of the molecule is C=C(N[C@@H]1C(=O)N2[C@H](c3ncc(-c4ccc(C5=CC6=CCC5[C@H]5CC5[C@@H]5C=CC(=C(c7ccc(-c8cnc([C@@H]9C[C@@H]%10CCCC%11C%12C(C)[C@H](NC(=O)OC)C(=O)N9C%11%12%10)[nH]8)cc7)C5)CC6)cc4)[nH]3)C[C@@H]3CCCC(C1C)[C@@H]32)OC. The van der Waals surface area contributed by atoms with E-state index in [1.54, 1.807) is 7.11 Å². The molecule has 4 saturated heterocycles. The van der Waals surface area contributed by atoms with E-state index in [0.717, 1.165) is 92.0 Å². The van der Waals surface area contributed by atoms with Crippen molar-refractivity contribution >= 4 is 29.1 Å². The van der Waals surface area contributed by atoms with Gasteiger partial charge in [-0.3, -0.25) is 9.59 Å². The Bertz CT molecular complexity index is 3260. The van der Waals surface area contributed by atoms with Gasteiger partial charge in [-0.25, -0.2) is 14.8 Å². The van der Waals surface area contributed by atoms with Crippen LogP contribution in [0, 0.1) is 65.1 Å². The molecule has 14 aliphatic rings. The number of aromatic nitrogens is 4. The van der Waals surface area contributed by atoms with E-state index in [-0.39, 0.29) is 53.4 Å². The first-order chi connectivity index (χ1) is 38.0. The van der Waals surface area contributed by atoms with E-state index in [4.69, 9.17) is 19.4 Å². The molecule has 17 atom stereocenters. The second-order valence-corrected chi connectivity index (χ2v) is 25.6. The predicted octanol–water partition coefficient (Wildman–Crippen LogP) is 11.5. The summed E-state index contributed by atoms with van der Waals surface area (Å²) in [6.45, 7) is 8.38. The van der Waals surface area contributed by atoms with Gasteiger partial charge >= 0.3 is 6.09 Å². The molecule has 2 aromatic heterocycles. The van der Waals surface area contributed by atoms with Crippen molar-refractivity contribution in [3.63, 3.8) is 0 Å². The van der Waals surface area contributed by atoms with E-state index in [1.165, 1.54) is 66.2 Å². The number of alkyl carbamates (subject to hydrolysis) is 1. The number of methoxy groups -OCH3 is 2. The number of ether oxygens (including phenoxy) is 2. The molecule has 6 heterocycles. The summed E-state index contributed by atoms with van der Waals surface area (Å²) in [5, 5.41) is 6.24. The van der Waals surface area contributed by atoms with Crippen LogP contribution in [0.2, 0.25) is 0 Å². The monoisotopic (exact) mass is 1050 g/mol. The molecule has 8 fully saturated rings. The second-order valence-electron chi connectivity index (χ2n) is 25.6. The molecule has 0 radical (unpaired) electrons. The number of carbonyl (C=O) groups excluding carboxylic acids is 3. The lowest BCUT2D eigenvalue weighted by molar-refractivity contribution is -0.148. The van der Waals surface area contributed by atoms with Gasteiger partial charge < -0.3 is 39.9 Å². The number of hydrogen-bond donors (Lipinski definition) is 4. The molecule has 404 valence electrons. The number of nitrogens with one attached hydrogen (secondary N) is 4. The number of fused-ring (bicyclic) bond motifs is 1. The van der Waals surface area contributed by atoms with Crippen LogP contribution in [0.5, 0.6) is 0 Å². The van der Waals surface area contributed by atoms with Crippen molar-refractivity contribution in [1.29, 1.82) is 0 Å². The van der Waals surface area contributed by atoms with Crippen LogP contribution in [0.15, 0.2) is 109 Å². The highest BCUT2D eigenvalue weighted by Crippen LogP contribution is 2.75. The van der Waals surface area contributed by atoms with Gasteiger partial charge in [0.15, 0.2) is 5.88 Å². The summed E-state index contributed by atoms with van der Waals surface area (Å²) in [7, 11) is 2.96. The normalized spacial score (nSPS) is 37.5. The molecule has 3 amide bonds. The Labute approximate surface area is 457 Å². The molecule has 4 aromatic rings. The predicted molar refractivity (Wildman–Crippen MR) is 298 cm³/mol. The van der Waals surface area contributed by atoms with Gasteiger partial charge in [0.05, 0.1) is 55.6 Å². The van der Waals surface area contributed by atoms with Crippen molar-refractivity contribution in [1.82, 2.24) is 40.4 Å². The summed E-state index contributed by atoms with van der Waals surface area (Å²) in [6, 6.07) is 17.4. The number of piperidine rings is 2. The van der Waals surface area contributed by atoms with E-state index in [1.807, 2.05) is 12.4 Å². The molecule has 13 nitrogen and oxygen atoms in total. The standard InChI is InChI=1S/C65H74N8O5/c1-33-45-10-6-8-43-28-54(72(59(43)45)62(74)57(33)68-35(3)77-4)60-66-31-52(69-60)41-22-17-39(18-23-41)48-26-36-12-14-37-19-24-42(49-30-50(49)46(48)25-13-36)27-47(37)38-15-20-40(21-16-38)53-32-67-61(70-53)55-29-44-9-7-11-51-56-34(2)58(71-64(76)78-5)63(75)73(55)65(44,51)56/h13,15-24,26,31-34,42-46,49-51,54-59,68H,3,6-12,14,25,27-30H2,1-2,4-5H3,(H,66,69)(H,67,70)(H,71,76)/t33?,34?,42-,43+,44+,45?,46?,49?,50-,51?,54+,55+,56?,57+,58+,59-,65?/m1/s1.